The smallest absolute Gasteiger partial charge is 0.132 e. The molecule has 1 aliphatic carbocycles. The highest BCUT2D eigenvalue weighted by molar-refractivity contribution is 5.10. The molecule has 1 saturated heterocycles. The molecule has 78 valence electrons. The Morgan fingerprint density at radius 1 is 1.29 bits per heavy atom. The monoisotopic (exact) mass is 194 g/mol. The van der Waals surface area contributed by atoms with Crippen LogP contribution in [0.15, 0.2) is 0 Å². The zero-order valence-electron chi connectivity index (χ0n) is 8.59. The van der Waals surface area contributed by atoms with Crippen molar-refractivity contribution in [2.45, 2.75) is 50.1 Å². The van der Waals surface area contributed by atoms with Crippen molar-refractivity contribution in [3.8, 4) is 6.07 Å². The van der Waals surface area contributed by atoms with E-state index in [-0.39, 0.29) is 5.54 Å². The summed E-state index contributed by atoms with van der Waals surface area (Å²) in [6, 6.07) is 2.93. The summed E-state index contributed by atoms with van der Waals surface area (Å²) in [5.41, 5.74) is -0.373. The Hall–Kier alpha value is -0.590. The number of nitriles is 1. The van der Waals surface area contributed by atoms with E-state index in [1.54, 1.807) is 0 Å². The predicted octanol–water partition coefficient (Wildman–Crippen LogP) is 1.59. The third-order valence-electron chi connectivity index (χ3n) is 3.32. The molecule has 0 bridgehead atoms. The normalized spacial score (nSPS) is 34.2. The molecule has 2 rings (SSSR count). The summed E-state index contributed by atoms with van der Waals surface area (Å²) >= 11 is 0. The molecule has 0 aromatic rings. The van der Waals surface area contributed by atoms with Crippen molar-refractivity contribution >= 4 is 0 Å². The van der Waals surface area contributed by atoms with E-state index >= 15 is 0 Å². The third kappa shape index (κ3) is 2.08. The molecule has 1 aliphatic heterocycles. The summed E-state index contributed by atoms with van der Waals surface area (Å²) in [6.45, 7) is 1.30. The molecule has 1 N–H and O–H groups in total. The van der Waals surface area contributed by atoms with Crippen LogP contribution in [0.3, 0.4) is 0 Å². The summed E-state index contributed by atoms with van der Waals surface area (Å²) in [5.74, 6) is 0. The quantitative estimate of drug-likeness (QED) is 0.726. The second-order valence-electron chi connectivity index (χ2n) is 4.48. The Bertz CT molecular complexity index is 222. The number of hydrogen-bond donors (Lipinski definition) is 1. The van der Waals surface area contributed by atoms with Crippen molar-refractivity contribution in [3.63, 3.8) is 0 Å². The minimum absolute atomic E-state index is 0.373. The highest BCUT2D eigenvalue weighted by Crippen LogP contribution is 2.24. The van der Waals surface area contributed by atoms with E-state index in [2.05, 4.69) is 11.4 Å². The van der Waals surface area contributed by atoms with Crippen LogP contribution in [0.4, 0.5) is 0 Å². The van der Waals surface area contributed by atoms with Crippen LogP contribution in [0.5, 0.6) is 0 Å². The van der Waals surface area contributed by atoms with Crippen LogP contribution in [-0.2, 0) is 4.74 Å². The van der Waals surface area contributed by atoms with E-state index in [9.17, 15) is 0 Å². The highest BCUT2D eigenvalue weighted by Gasteiger charge is 2.36. The van der Waals surface area contributed by atoms with E-state index in [0.29, 0.717) is 12.6 Å². The number of hydrogen-bond acceptors (Lipinski definition) is 3. The minimum Gasteiger partial charge on any atom is -0.378 e. The average molecular weight is 194 g/mol. The maximum absolute atomic E-state index is 9.15. The summed E-state index contributed by atoms with van der Waals surface area (Å²) in [5, 5.41) is 12.6. The number of nitrogens with one attached hydrogen (secondary N) is 1. The van der Waals surface area contributed by atoms with Crippen molar-refractivity contribution in [1.82, 2.24) is 5.32 Å². The molecular formula is C11H18N2O. The van der Waals surface area contributed by atoms with Gasteiger partial charge in [0.2, 0.25) is 0 Å². The van der Waals surface area contributed by atoms with E-state index in [0.717, 1.165) is 13.0 Å². The Morgan fingerprint density at radius 3 is 2.64 bits per heavy atom. The highest BCUT2D eigenvalue weighted by atomic mass is 16.5. The summed E-state index contributed by atoms with van der Waals surface area (Å²) in [7, 11) is 0. The van der Waals surface area contributed by atoms with E-state index in [1.165, 1.54) is 32.1 Å². The van der Waals surface area contributed by atoms with Gasteiger partial charge in [0.15, 0.2) is 0 Å². The van der Waals surface area contributed by atoms with Crippen LogP contribution in [0, 0.1) is 11.3 Å². The summed E-state index contributed by atoms with van der Waals surface area (Å²) in [6.07, 6.45) is 7.27. The number of nitrogens with zero attached hydrogens (tertiary/aromatic N) is 1. The predicted molar refractivity (Wildman–Crippen MR) is 53.8 cm³/mol. The number of ether oxygens (including phenoxy) is 1. The maximum atomic E-state index is 9.15. The zero-order valence-corrected chi connectivity index (χ0v) is 8.59. The van der Waals surface area contributed by atoms with Gasteiger partial charge in [-0.1, -0.05) is 19.3 Å². The first-order chi connectivity index (χ1) is 6.85. The molecule has 1 heterocycles. The molecule has 0 aromatic heterocycles. The second kappa shape index (κ2) is 4.29. The van der Waals surface area contributed by atoms with Crippen LogP contribution in [0.1, 0.15) is 38.5 Å². The maximum Gasteiger partial charge on any atom is 0.132 e. The van der Waals surface area contributed by atoms with Crippen LogP contribution < -0.4 is 5.32 Å². The van der Waals surface area contributed by atoms with Crippen molar-refractivity contribution in [2.75, 3.05) is 13.2 Å². The van der Waals surface area contributed by atoms with Gasteiger partial charge in [-0.25, -0.2) is 0 Å². The summed E-state index contributed by atoms with van der Waals surface area (Å²) in [4.78, 5) is 0. The van der Waals surface area contributed by atoms with Gasteiger partial charge in [0, 0.05) is 19.1 Å². The van der Waals surface area contributed by atoms with Crippen molar-refractivity contribution in [1.29, 1.82) is 5.26 Å². The molecule has 1 unspecified atom stereocenters. The zero-order chi connectivity index (χ0) is 9.86. The lowest BCUT2D eigenvalue weighted by Gasteiger charge is -2.30. The first-order valence-electron chi connectivity index (χ1n) is 5.61. The van der Waals surface area contributed by atoms with Crippen LogP contribution in [-0.4, -0.2) is 24.8 Å². The largest absolute Gasteiger partial charge is 0.378 e. The molecule has 3 nitrogen and oxygen atoms in total. The topological polar surface area (TPSA) is 45.0 Å². The Kier molecular flexibility index (Phi) is 3.05. The SMILES string of the molecule is N#CC1(NC2CCCCC2)CCOC1. The molecule has 3 heteroatoms. The lowest BCUT2D eigenvalue weighted by atomic mass is 9.91. The molecule has 1 saturated carbocycles. The fourth-order valence-electron chi connectivity index (χ4n) is 2.44. The van der Waals surface area contributed by atoms with Gasteiger partial charge in [-0.3, -0.25) is 5.32 Å². The molecule has 0 spiro atoms. The van der Waals surface area contributed by atoms with Gasteiger partial charge < -0.3 is 4.74 Å². The molecular weight excluding hydrogens is 176 g/mol. The standard InChI is InChI=1S/C11H18N2O/c12-8-11(6-7-14-9-11)13-10-4-2-1-3-5-10/h10,13H,1-7,9H2. The van der Waals surface area contributed by atoms with Gasteiger partial charge in [-0.2, -0.15) is 5.26 Å². The van der Waals surface area contributed by atoms with Crippen molar-refractivity contribution < 1.29 is 4.74 Å². The molecule has 0 amide bonds. The third-order valence-corrected chi connectivity index (χ3v) is 3.32. The van der Waals surface area contributed by atoms with Crippen LogP contribution in [0.2, 0.25) is 0 Å². The first-order valence-corrected chi connectivity index (χ1v) is 5.61. The second-order valence-corrected chi connectivity index (χ2v) is 4.48. The fraction of sp³-hybridized carbons (Fsp3) is 0.909. The fourth-order valence-corrected chi connectivity index (χ4v) is 2.44. The lowest BCUT2D eigenvalue weighted by Crippen LogP contribution is -2.50. The lowest BCUT2D eigenvalue weighted by molar-refractivity contribution is 0.172. The first kappa shape index (κ1) is 9.95. The Morgan fingerprint density at radius 2 is 2.07 bits per heavy atom. The van der Waals surface area contributed by atoms with Gasteiger partial charge in [-0.05, 0) is 12.8 Å². The van der Waals surface area contributed by atoms with E-state index < -0.39 is 0 Å². The molecule has 1 atom stereocenters. The minimum atomic E-state index is -0.373. The van der Waals surface area contributed by atoms with Gasteiger partial charge in [0.25, 0.3) is 0 Å². The Labute approximate surface area is 85.4 Å². The van der Waals surface area contributed by atoms with Gasteiger partial charge >= 0.3 is 0 Å². The molecule has 2 fully saturated rings. The van der Waals surface area contributed by atoms with Crippen LogP contribution in [0.25, 0.3) is 0 Å². The molecule has 0 radical (unpaired) electrons. The van der Waals surface area contributed by atoms with E-state index in [1.807, 2.05) is 0 Å². The number of rotatable bonds is 2. The van der Waals surface area contributed by atoms with Crippen molar-refractivity contribution in [2.24, 2.45) is 0 Å². The molecule has 14 heavy (non-hydrogen) atoms. The molecule has 0 aromatic carbocycles. The Balaban J connectivity index is 1.90. The van der Waals surface area contributed by atoms with Gasteiger partial charge in [0.1, 0.15) is 5.54 Å². The van der Waals surface area contributed by atoms with Crippen LogP contribution >= 0.6 is 0 Å². The van der Waals surface area contributed by atoms with Crippen molar-refractivity contribution in [3.05, 3.63) is 0 Å². The average Bonchev–Trinajstić information content (AvgIpc) is 2.69. The van der Waals surface area contributed by atoms with Gasteiger partial charge in [-0.15, -0.1) is 0 Å². The summed E-state index contributed by atoms with van der Waals surface area (Å²) < 4.78 is 5.31. The molecule has 2 aliphatic rings. The van der Waals surface area contributed by atoms with E-state index in [4.69, 9.17) is 10.00 Å². The van der Waals surface area contributed by atoms with Gasteiger partial charge in [0.05, 0.1) is 12.7 Å².